The first-order valence-corrected chi connectivity index (χ1v) is 12.1. The minimum Gasteiger partial charge on any atom is -0.354 e. The van der Waals surface area contributed by atoms with Gasteiger partial charge in [0.1, 0.15) is 6.04 Å². The molecule has 7 nitrogen and oxygen atoms in total. The number of fused-ring (bicyclic) bond motifs is 1. The fourth-order valence-electron chi connectivity index (χ4n) is 4.36. The van der Waals surface area contributed by atoms with Crippen LogP contribution in [0.1, 0.15) is 30.9 Å². The molecular formula is C23H27N3O4S. The minimum absolute atomic E-state index is 0.224. The van der Waals surface area contributed by atoms with E-state index in [1.54, 1.807) is 12.1 Å². The van der Waals surface area contributed by atoms with E-state index < -0.39 is 16.1 Å². The summed E-state index contributed by atoms with van der Waals surface area (Å²) in [7, 11) is -3.55. The predicted octanol–water partition coefficient (Wildman–Crippen LogP) is 2.11. The highest BCUT2D eigenvalue weighted by atomic mass is 32.2. The molecule has 8 heteroatoms. The number of sulfonamides is 1. The molecule has 31 heavy (non-hydrogen) atoms. The van der Waals surface area contributed by atoms with Crippen molar-refractivity contribution in [2.75, 3.05) is 24.5 Å². The SMILES string of the molecule is CC(=O)N1c2ccc(S(=O)(=O)N3CCCC3)cc2C[C@H]1C(=O)NCCc1ccccc1. The monoisotopic (exact) mass is 441 g/mol. The van der Waals surface area contributed by atoms with Gasteiger partial charge in [-0.3, -0.25) is 14.5 Å². The topological polar surface area (TPSA) is 86.8 Å². The number of amides is 2. The molecule has 0 spiro atoms. The third kappa shape index (κ3) is 4.36. The molecule has 2 aliphatic heterocycles. The van der Waals surface area contributed by atoms with E-state index in [4.69, 9.17) is 0 Å². The number of nitrogens with zero attached hydrogens (tertiary/aromatic N) is 2. The van der Waals surface area contributed by atoms with E-state index in [1.165, 1.54) is 22.2 Å². The van der Waals surface area contributed by atoms with Crippen molar-refractivity contribution in [1.82, 2.24) is 9.62 Å². The van der Waals surface area contributed by atoms with Crippen molar-refractivity contribution in [2.24, 2.45) is 0 Å². The highest BCUT2D eigenvalue weighted by Crippen LogP contribution is 2.35. The molecule has 0 radical (unpaired) electrons. The van der Waals surface area contributed by atoms with Crippen LogP contribution in [0.3, 0.4) is 0 Å². The zero-order valence-corrected chi connectivity index (χ0v) is 18.4. The second kappa shape index (κ2) is 8.80. The van der Waals surface area contributed by atoms with Crippen molar-refractivity contribution < 1.29 is 18.0 Å². The van der Waals surface area contributed by atoms with Crippen LogP contribution in [-0.2, 0) is 32.5 Å². The lowest BCUT2D eigenvalue weighted by Crippen LogP contribution is -2.47. The smallest absolute Gasteiger partial charge is 0.243 e. The summed E-state index contributed by atoms with van der Waals surface area (Å²) in [5.41, 5.74) is 2.44. The highest BCUT2D eigenvalue weighted by Gasteiger charge is 2.38. The Morgan fingerprint density at radius 1 is 1.06 bits per heavy atom. The average molecular weight is 442 g/mol. The Morgan fingerprint density at radius 3 is 2.45 bits per heavy atom. The Bertz CT molecular complexity index is 1080. The summed E-state index contributed by atoms with van der Waals surface area (Å²) in [6.45, 7) is 2.96. The zero-order chi connectivity index (χ0) is 22.0. The first-order chi connectivity index (χ1) is 14.9. The van der Waals surface area contributed by atoms with E-state index in [0.29, 0.717) is 43.7 Å². The third-order valence-electron chi connectivity index (χ3n) is 5.94. The van der Waals surface area contributed by atoms with E-state index in [0.717, 1.165) is 18.4 Å². The molecule has 2 aromatic carbocycles. The first-order valence-electron chi connectivity index (χ1n) is 10.6. The second-order valence-corrected chi connectivity index (χ2v) is 9.98. The molecular weight excluding hydrogens is 414 g/mol. The van der Waals surface area contributed by atoms with Crippen molar-refractivity contribution in [1.29, 1.82) is 0 Å². The van der Waals surface area contributed by atoms with Crippen LogP contribution < -0.4 is 10.2 Å². The van der Waals surface area contributed by atoms with Crippen LogP contribution in [0, 0.1) is 0 Å². The molecule has 2 heterocycles. The van der Waals surface area contributed by atoms with Gasteiger partial charge in [0, 0.05) is 38.7 Å². The molecule has 1 atom stereocenters. The normalized spacial score (nSPS) is 18.7. The summed E-state index contributed by atoms with van der Waals surface area (Å²) >= 11 is 0. The van der Waals surface area contributed by atoms with Crippen LogP contribution in [0.5, 0.6) is 0 Å². The molecule has 2 aliphatic rings. The van der Waals surface area contributed by atoms with Crippen molar-refractivity contribution in [2.45, 2.75) is 43.5 Å². The number of carbonyl (C=O) groups is 2. The molecule has 0 unspecified atom stereocenters. The van der Waals surface area contributed by atoms with E-state index in [1.807, 2.05) is 30.3 Å². The van der Waals surface area contributed by atoms with Crippen molar-refractivity contribution >= 4 is 27.5 Å². The van der Waals surface area contributed by atoms with E-state index >= 15 is 0 Å². The quantitative estimate of drug-likeness (QED) is 0.744. The maximum atomic E-state index is 12.9. The number of nitrogens with one attached hydrogen (secondary N) is 1. The lowest BCUT2D eigenvalue weighted by molar-refractivity contribution is -0.125. The minimum atomic E-state index is -3.55. The van der Waals surface area contributed by atoms with Gasteiger partial charge >= 0.3 is 0 Å². The Hall–Kier alpha value is -2.71. The molecule has 2 amide bonds. The van der Waals surface area contributed by atoms with Crippen LogP contribution in [0.4, 0.5) is 5.69 Å². The lowest BCUT2D eigenvalue weighted by atomic mass is 10.1. The summed E-state index contributed by atoms with van der Waals surface area (Å²) in [5, 5.41) is 2.92. The molecule has 1 N–H and O–H groups in total. The molecule has 0 aliphatic carbocycles. The number of rotatable bonds is 6. The molecule has 1 fully saturated rings. The first kappa shape index (κ1) is 21.5. The Kier molecular flexibility index (Phi) is 6.11. The summed E-state index contributed by atoms with van der Waals surface area (Å²) in [5.74, 6) is -0.469. The molecule has 1 saturated heterocycles. The fourth-order valence-corrected chi connectivity index (χ4v) is 5.93. The molecule has 0 bridgehead atoms. The summed E-state index contributed by atoms with van der Waals surface area (Å²) in [4.78, 5) is 26.9. The molecule has 0 aromatic heterocycles. The van der Waals surface area contributed by atoms with Crippen molar-refractivity contribution in [3.8, 4) is 0 Å². The van der Waals surface area contributed by atoms with Crippen LogP contribution in [-0.4, -0.2) is 50.2 Å². The molecule has 0 saturated carbocycles. The molecule has 4 rings (SSSR count). The fraction of sp³-hybridized carbons (Fsp3) is 0.391. The highest BCUT2D eigenvalue weighted by molar-refractivity contribution is 7.89. The standard InChI is InChI=1S/C23H27N3O4S/c1-17(27)26-21-10-9-20(31(29,30)25-13-5-6-14-25)15-19(21)16-22(26)23(28)24-12-11-18-7-3-2-4-8-18/h2-4,7-10,15,22H,5-6,11-14,16H2,1H3,(H,24,28)/t22-/m0/s1. The summed E-state index contributed by atoms with van der Waals surface area (Å²) in [6, 6.07) is 14.0. The van der Waals surface area contributed by atoms with Crippen LogP contribution >= 0.6 is 0 Å². The maximum Gasteiger partial charge on any atom is 0.243 e. The number of carbonyl (C=O) groups excluding carboxylic acids is 2. The van der Waals surface area contributed by atoms with Gasteiger partial charge in [-0.1, -0.05) is 30.3 Å². The Labute approximate surface area is 183 Å². The van der Waals surface area contributed by atoms with Crippen molar-refractivity contribution in [3.05, 3.63) is 59.7 Å². The maximum absolute atomic E-state index is 12.9. The van der Waals surface area contributed by atoms with Gasteiger partial charge in [-0.2, -0.15) is 4.31 Å². The molecule has 164 valence electrons. The van der Waals surface area contributed by atoms with Crippen LogP contribution in [0.2, 0.25) is 0 Å². The third-order valence-corrected chi connectivity index (χ3v) is 7.83. The van der Waals surface area contributed by atoms with E-state index in [9.17, 15) is 18.0 Å². The number of anilines is 1. The predicted molar refractivity (Wildman–Crippen MR) is 118 cm³/mol. The number of hydrogen-bond donors (Lipinski definition) is 1. The number of benzene rings is 2. The van der Waals surface area contributed by atoms with Gasteiger partial charge < -0.3 is 5.32 Å². The van der Waals surface area contributed by atoms with E-state index in [-0.39, 0.29) is 16.7 Å². The van der Waals surface area contributed by atoms with Gasteiger partial charge in [0.25, 0.3) is 0 Å². The van der Waals surface area contributed by atoms with Gasteiger partial charge in [-0.05, 0) is 48.6 Å². The summed E-state index contributed by atoms with van der Waals surface area (Å²) in [6.07, 6.45) is 2.74. The zero-order valence-electron chi connectivity index (χ0n) is 17.6. The largest absolute Gasteiger partial charge is 0.354 e. The van der Waals surface area contributed by atoms with Crippen LogP contribution in [0.15, 0.2) is 53.4 Å². The molecule has 2 aromatic rings. The average Bonchev–Trinajstić information content (AvgIpc) is 3.42. The van der Waals surface area contributed by atoms with Crippen molar-refractivity contribution in [3.63, 3.8) is 0 Å². The van der Waals surface area contributed by atoms with Gasteiger partial charge in [-0.25, -0.2) is 8.42 Å². The van der Waals surface area contributed by atoms with Gasteiger partial charge in [0.2, 0.25) is 21.8 Å². The van der Waals surface area contributed by atoms with Gasteiger partial charge in [0.05, 0.1) is 4.90 Å². The summed E-state index contributed by atoms with van der Waals surface area (Å²) < 4.78 is 27.3. The van der Waals surface area contributed by atoms with Gasteiger partial charge in [0.15, 0.2) is 0 Å². The lowest BCUT2D eigenvalue weighted by Gasteiger charge is -2.23. The Balaban J connectivity index is 1.50. The number of hydrogen-bond acceptors (Lipinski definition) is 4. The Morgan fingerprint density at radius 2 is 1.77 bits per heavy atom. The van der Waals surface area contributed by atoms with E-state index in [2.05, 4.69) is 5.32 Å². The van der Waals surface area contributed by atoms with Gasteiger partial charge in [-0.15, -0.1) is 0 Å². The van der Waals surface area contributed by atoms with Crippen LogP contribution in [0.25, 0.3) is 0 Å². The second-order valence-electron chi connectivity index (χ2n) is 8.04.